The summed E-state index contributed by atoms with van der Waals surface area (Å²) in [7, 11) is 0. The molecule has 27 heavy (non-hydrogen) atoms. The van der Waals surface area contributed by atoms with Crippen LogP contribution in [0.25, 0.3) is 5.69 Å². The van der Waals surface area contributed by atoms with Crippen molar-refractivity contribution in [2.24, 2.45) is 5.92 Å². The zero-order valence-corrected chi connectivity index (χ0v) is 16.5. The second-order valence-electron chi connectivity index (χ2n) is 6.08. The summed E-state index contributed by atoms with van der Waals surface area (Å²) in [6.45, 7) is 2.49. The lowest BCUT2D eigenvalue weighted by atomic mass is 10.00. The maximum Gasteiger partial charge on any atom is 0.272 e. The Kier molecular flexibility index (Phi) is 7.43. The number of hydrogen-bond acceptors (Lipinski definition) is 5. The fourth-order valence-corrected chi connectivity index (χ4v) is 3.52. The molecule has 3 rings (SSSR count). The van der Waals surface area contributed by atoms with Gasteiger partial charge in [-0.3, -0.25) is 14.9 Å². The first kappa shape index (κ1) is 21.4. The summed E-state index contributed by atoms with van der Waals surface area (Å²) in [5.41, 5.74) is 0.295. The number of aromatic nitrogens is 2. The number of carbonyl (C=O) groups excluding carboxylic acids is 1. The minimum absolute atomic E-state index is 0. The monoisotopic (exact) mass is 433 g/mol. The third kappa shape index (κ3) is 5.10. The number of nitrogens with one attached hydrogen (secondary N) is 2. The number of carbonyl (C=O) groups is 1. The van der Waals surface area contributed by atoms with Crippen LogP contribution >= 0.6 is 35.6 Å². The quantitative estimate of drug-likeness (QED) is 0.555. The van der Waals surface area contributed by atoms with Gasteiger partial charge in [0.15, 0.2) is 5.69 Å². The van der Waals surface area contributed by atoms with Crippen molar-refractivity contribution < 1.29 is 9.72 Å². The van der Waals surface area contributed by atoms with Crippen LogP contribution in [0.1, 0.15) is 23.3 Å². The molecule has 1 aliphatic rings. The van der Waals surface area contributed by atoms with Crippen LogP contribution < -0.4 is 10.6 Å². The summed E-state index contributed by atoms with van der Waals surface area (Å²) in [5.74, 6) is 0.122. The number of halogens is 3. The minimum Gasteiger partial charge on any atom is -0.350 e. The number of nitrogens with zero attached hydrogens (tertiary/aromatic N) is 3. The Labute approximate surface area is 171 Å². The van der Waals surface area contributed by atoms with Crippen molar-refractivity contribution in [3.8, 4) is 5.69 Å². The highest BCUT2D eigenvalue weighted by Crippen LogP contribution is 2.32. The van der Waals surface area contributed by atoms with Gasteiger partial charge in [0.1, 0.15) is 5.69 Å². The molecule has 11 heteroatoms. The second-order valence-corrected chi connectivity index (χ2v) is 6.90. The third-order valence-electron chi connectivity index (χ3n) is 4.21. The highest BCUT2D eigenvalue weighted by atomic mass is 35.5. The first-order chi connectivity index (χ1) is 12.5. The number of hydrogen-bond donors (Lipinski definition) is 2. The summed E-state index contributed by atoms with van der Waals surface area (Å²) >= 11 is 12.2. The lowest BCUT2D eigenvalue weighted by Crippen LogP contribution is -2.38. The molecule has 2 aromatic rings. The number of amides is 1. The molecule has 1 unspecified atom stereocenters. The van der Waals surface area contributed by atoms with Gasteiger partial charge in [-0.15, -0.1) is 12.4 Å². The van der Waals surface area contributed by atoms with Gasteiger partial charge in [-0.05, 0) is 37.9 Å². The van der Waals surface area contributed by atoms with E-state index in [-0.39, 0.29) is 45.4 Å². The highest BCUT2D eigenvalue weighted by molar-refractivity contribution is 6.38. The van der Waals surface area contributed by atoms with Gasteiger partial charge in [-0.2, -0.15) is 5.10 Å². The molecule has 1 fully saturated rings. The number of rotatable bonds is 5. The summed E-state index contributed by atoms with van der Waals surface area (Å²) in [6, 6.07) is 3.93. The Bertz CT molecular complexity index is 813. The van der Waals surface area contributed by atoms with Crippen molar-refractivity contribution in [2.45, 2.75) is 12.8 Å². The number of nitro groups is 1. The Hall–Kier alpha value is -1.87. The van der Waals surface area contributed by atoms with Gasteiger partial charge in [-0.25, -0.2) is 4.68 Å². The summed E-state index contributed by atoms with van der Waals surface area (Å²) in [4.78, 5) is 22.6. The van der Waals surface area contributed by atoms with Gasteiger partial charge < -0.3 is 10.6 Å². The molecular formula is C16H18Cl3N5O3. The van der Waals surface area contributed by atoms with Crippen molar-refractivity contribution >= 4 is 47.2 Å². The zero-order chi connectivity index (χ0) is 18.7. The van der Waals surface area contributed by atoms with Crippen LogP contribution in [0.3, 0.4) is 0 Å². The van der Waals surface area contributed by atoms with Gasteiger partial charge in [0.05, 0.1) is 15.0 Å². The highest BCUT2D eigenvalue weighted by Gasteiger charge is 2.19. The van der Waals surface area contributed by atoms with E-state index in [1.54, 1.807) is 6.07 Å². The molecule has 1 aliphatic heterocycles. The van der Waals surface area contributed by atoms with Crippen LogP contribution in [-0.2, 0) is 0 Å². The topological polar surface area (TPSA) is 102 Å². The Balaban J connectivity index is 0.00000261. The molecule has 1 atom stereocenters. The molecule has 1 aromatic heterocycles. The van der Waals surface area contributed by atoms with E-state index >= 15 is 0 Å². The van der Waals surface area contributed by atoms with Crippen molar-refractivity contribution in [3.63, 3.8) is 0 Å². The van der Waals surface area contributed by atoms with Gasteiger partial charge in [0.25, 0.3) is 11.6 Å². The Morgan fingerprint density at radius 2 is 2.11 bits per heavy atom. The lowest BCUT2D eigenvalue weighted by molar-refractivity contribution is -0.384. The van der Waals surface area contributed by atoms with E-state index in [2.05, 4.69) is 15.7 Å². The van der Waals surface area contributed by atoms with Crippen molar-refractivity contribution in [2.75, 3.05) is 19.6 Å². The number of benzene rings is 1. The van der Waals surface area contributed by atoms with E-state index < -0.39 is 4.92 Å². The van der Waals surface area contributed by atoms with E-state index in [0.29, 0.717) is 12.5 Å². The molecular weight excluding hydrogens is 417 g/mol. The van der Waals surface area contributed by atoms with E-state index in [4.69, 9.17) is 23.2 Å². The fraction of sp³-hybridized carbons (Fsp3) is 0.375. The first-order valence-electron chi connectivity index (χ1n) is 8.14. The molecule has 1 amide bonds. The lowest BCUT2D eigenvalue weighted by Gasteiger charge is -2.22. The maximum atomic E-state index is 12.3. The molecule has 1 saturated heterocycles. The Morgan fingerprint density at radius 1 is 1.41 bits per heavy atom. The molecule has 0 bridgehead atoms. The average molecular weight is 435 g/mol. The predicted octanol–water partition coefficient (Wildman–Crippen LogP) is 3.24. The minimum atomic E-state index is -0.580. The summed E-state index contributed by atoms with van der Waals surface area (Å²) in [5, 5.41) is 21.4. The molecule has 0 saturated carbocycles. The molecule has 1 aromatic carbocycles. The van der Waals surface area contributed by atoms with Crippen LogP contribution in [0.2, 0.25) is 10.0 Å². The van der Waals surface area contributed by atoms with Crippen molar-refractivity contribution in [1.82, 2.24) is 20.4 Å². The average Bonchev–Trinajstić information content (AvgIpc) is 3.09. The largest absolute Gasteiger partial charge is 0.350 e. The predicted molar refractivity (Wildman–Crippen MR) is 105 cm³/mol. The second kappa shape index (κ2) is 9.36. The molecule has 2 N–H and O–H groups in total. The maximum absolute atomic E-state index is 12.3. The summed E-state index contributed by atoms with van der Waals surface area (Å²) in [6.07, 6.45) is 3.72. The number of piperidine rings is 1. The molecule has 2 heterocycles. The fourth-order valence-electron chi connectivity index (χ4n) is 2.87. The molecule has 0 spiro atoms. The molecule has 8 nitrogen and oxygen atoms in total. The SMILES string of the molecule is Cl.O=C(NCC1CCCNC1)c1ccn(-c2c(Cl)cc([N+](=O)[O-])cc2Cl)n1. The molecule has 0 aliphatic carbocycles. The van der Waals surface area contributed by atoms with Crippen LogP contribution in [0.4, 0.5) is 5.69 Å². The number of nitro benzene ring substituents is 1. The van der Waals surface area contributed by atoms with E-state index in [9.17, 15) is 14.9 Å². The standard InChI is InChI=1S/C16H17Cl2N5O3.ClH/c17-12-6-11(23(25)26)7-13(18)15(12)22-5-3-14(21-22)16(24)20-9-10-2-1-4-19-8-10;/h3,5-7,10,19H,1-2,4,8-9H2,(H,20,24);1H. The van der Waals surface area contributed by atoms with E-state index in [0.717, 1.165) is 25.9 Å². The van der Waals surface area contributed by atoms with Crippen LogP contribution in [0, 0.1) is 16.0 Å². The van der Waals surface area contributed by atoms with E-state index in [1.807, 2.05) is 0 Å². The number of non-ortho nitro benzene ring substituents is 1. The van der Waals surface area contributed by atoms with Crippen LogP contribution in [-0.4, -0.2) is 40.2 Å². The van der Waals surface area contributed by atoms with Crippen molar-refractivity contribution in [1.29, 1.82) is 0 Å². The smallest absolute Gasteiger partial charge is 0.272 e. The van der Waals surface area contributed by atoms with Crippen LogP contribution in [0.15, 0.2) is 24.4 Å². The van der Waals surface area contributed by atoms with Gasteiger partial charge in [0, 0.05) is 24.9 Å². The Morgan fingerprint density at radius 3 is 2.70 bits per heavy atom. The summed E-state index contributed by atoms with van der Waals surface area (Å²) < 4.78 is 1.34. The van der Waals surface area contributed by atoms with Gasteiger partial charge in [0.2, 0.25) is 0 Å². The normalized spacial score (nSPS) is 16.4. The zero-order valence-electron chi connectivity index (χ0n) is 14.2. The van der Waals surface area contributed by atoms with Crippen LogP contribution in [0.5, 0.6) is 0 Å². The molecule has 0 radical (unpaired) electrons. The van der Waals surface area contributed by atoms with Gasteiger partial charge >= 0.3 is 0 Å². The third-order valence-corrected chi connectivity index (χ3v) is 4.79. The van der Waals surface area contributed by atoms with E-state index in [1.165, 1.54) is 23.0 Å². The first-order valence-corrected chi connectivity index (χ1v) is 8.89. The molecule has 146 valence electrons. The van der Waals surface area contributed by atoms with Gasteiger partial charge in [-0.1, -0.05) is 23.2 Å². The van der Waals surface area contributed by atoms with Crippen molar-refractivity contribution in [3.05, 3.63) is 50.2 Å².